The minimum atomic E-state index is -0.00918. The summed E-state index contributed by atoms with van der Waals surface area (Å²) in [6.45, 7) is 3.03. The van der Waals surface area contributed by atoms with Crippen molar-refractivity contribution in [1.29, 1.82) is 0 Å². The summed E-state index contributed by atoms with van der Waals surface area (Å²) in [5.74, 6) is -0.00918. The molecule has 104 valence electrons. The van der Waals surface area contributed by atoms with E-state index in [1.165, 1.54) is 0 Å². The van der Waals surface area contributed by atoms with Crippen LogP contribution in [0.5, 0.6) is 0 Å². The largest absolute Gasteiger partial charge is 0.345 e. The van der Waals surface area contributed by atoms with Crippen molar-refractivity contribution < 1.29 is 4.79 Å². The number of piperazine rings is 1. The molecule has 20 heavy (non-hydrogen) atoms. The molecular weight excluding hydrogens is 340 g/mol. The van der Waals surface area contributed by atoms with Gasteiger partial charge < -0.3 is 9.80 Å². The fraction of sp³-hybridized carbons (Fsp3) is 0.308. The normalized spacial score (nSPS) is 15.4. The van der Waals surface area contributed by atoms with Gasteiger partial charge in [0.2, 0.25) is 0 Å². The van der Waals surface area contributed by atoms with Crippen molar-refractivity contribution in [3.05, 3.63) is 40.1 Å². The molecule has 0 aromatic carbocycles. The summed E-state index contributed by atoms with van der Waals surface area (Å²) in [6, 6.07) is 5.40. The predicted molar refractivity (Wildman–Crippen MR) is 82.2 cm³/mol. The monoisotopic (exact) mass is 352 g/mol. The molecule has 0 unspecified atom stereocenters. The molecule has 0 saturated carbocycles. The lowest BCUT2D eigenvalue weighted by Gasteiger charge is -2.34. The maximum absolute atomic E-state index is 12.4. The molecule has 0 radical (unpaired) electrons. The number of thiazole rings is 1. The first-order chi connectivity index (χ1) is 9.74. The van der Waals surface area contributed by atoms with E-state index in [4.69, 9.17) is 0 Å². The van der Waals surface area contributed by atoms with E-state index < -0.39 is 0 Å². The van der Waals surface area contributed by atoms with Gasteiger partial charge in [-0.2, -0.15) is 0 Å². The molecule has 0 bridgehead atoms. The summed E-state index contributed by atoms with van der Waals surface area (Å²) >= 11 is 4.92. The number of aromatic nitrogens is 2. The number of carbonyl (C=O) groups excluding carboxylic acids is 1. The highest BCUT2D eigenvalue weighted by atomic mass is 79.9. The molecule has 1 aliphatic rings. The number of hydrogen-bond donors (Lipinski definition) is 0. The van der Waals surface area contributed by atoms with E-state index in [9.17, 15) is 4.79 Å². The third-order valence-corrected chi connectivity index (χ3v) is 4.46. The Hall–Kier alpha value is -1.47. The van der Waals surface area contributed by atoms with Crippen molar-refractivity contribution in [2.45, 2.75) is 0 Å². The van der Waals surface area contributed by atoms with E-state index in [0.29, 0.717) is 23.4 Å². The average molecular weight is 353 g/mol. The van der Waals surface area contributed by atoms with Crippen LogP contribution in [0.1, 0.15) is 10.5 Å². The highest BCUT2D eigenvalue weighted by molar-refractivity contribution is 9.10. The Morgan fingerprint density at radius 1 is 1.25 bits per heavy atom. The van der Waals surface area contributed by atoms with Crippen LogP contribution in [0.2, 0.25) is 0 Å². The quantitative estimate of drug-likeness (QED) is 0.778. The van der Waals surface area contributed by atoms with Crippen LogP contribution in [0.4, 0.5) is 5.13 Å². The molecule has 2 aromatic rings. The van der Waals surface area contributed by atoms with Crippen LogP contribution in [0.15, 0.2) is 34.4 Å². The van der Waals surface area contributed by atoms with Crippen LogP contribution in [0.25, 0.3) is 0 Å². The van der Waals surface area contributed by atoms with E-state index in [1.807, 2.05) is 28.6 Å². The highest BCUT2D eigenvalue weighted by Crippen LogP contribution is 2.19. The van der Waals surface area contributed by atoms with E-state index in [2.05, 4.69) is 30.8 Å². The van der Waals surface area contributed by atoms with Gasteiger partial charge >= 0.3 is 0 Å². The van der Waals surface area contributed by atoms with Gasteiger partial charge in [-0.05, 0) is 28.1 Å². The van der Waals surface area contributed by atoms with E-state index >= 15 is 0 Å². The standard InChI is InChI=1S/C13H13BrN4OS/c14-11-3-1-2-10(16-11)12(19)17-5-7-18(8-6-17)13-15-4-9-20-13/h1-4,9H,5-8H2. The van der Waals surface area contributed by atoms with Crippen LogP contribution in [0.3, 0.4) is 0 Å². The number of hydrogen-bond acceptors (Lipinski definition) is 5. The van der Waals surface area contributed by atoms with Crippen molar-refractivity contribution in [1.82, 2.24) is 14.9 Å². The Labute approximate surface area is 129 Å². The van der Waals surface area contributed by atoms with Crippen LogP contribution in [0, 0.1) is 0 Å². The minimum absolute atomic E-state index is 0.00918. The molecule has 1 amide bonds. The smallest absolute Gasteiger partial charge is 0.272 e. The Morgan fingerprint density at radius 3 is 2.70 bits per heavy atom. The Kier molecular flexibility index (Phi) is 3.98. The highest BCUT2D eigenvalue weighted by Gasteiger charge is 2.23. The fourth-order valence-electron chi connectivity index (χ4n) is 2.16. The van der Waals surface area contributed by atoms with Crippen LogP contribution >= 0.6 is 27.3 Å². The molecule has 2 aromatic heterocycles. The second-order valence-electron chi connectivity index (χ2n) is 4.44. The zero-order valence-corrected chi connectivity index (χ0v) is 13.1. The van der Waals surface area contributed by atoms with Gasteiger partial charge in [0, 0.05) is 37.8 Å². The summed E-state index contributed by atoms with van der Waals surface area (Å²) in [5.41, 5.74) is 0.488. The Morgan fingerprint density at radius 2 is 2.05 bits per heavy atom. The van der Waals surface area contributed by atoms with Crippen LogP contribution < -0.4 is 4.90 Å². The number of carbonyl (C=O) groups is 1. The molecule has 1 saturated heterocycles. The molecule has 3 rings (SSSR count). The Bertz CT molecular complexity index is 596. The maximum Gasteiger partial charge on any atom is 0.272 e. The van der Waals surface area contributed by atoms with Gasteiger partial charge in [-0.3, -0.25) is 4.79 Å². The summed E-state index contributed by atoms with van der Waals surface area (Å²) in [5, 5.41) is 3.00. The van der Waals surface area contributed by atoms with Crippen LogP contribution in [-0.4, -0.2) is 47.0 Å². The van der Waals surface area contributed by atoms with Gasteiger partial charge in [0.05, 0.1) is 0 Å². The molecule has 0 aliphatic carbocycles. The number of rotatable bonds is 2. The lowest BCUT2D eigenvalue weighted by Crippen LogP contribution is -2.49. The molecule has 5 nitrogen and oxygen atoms in total. The fourth-order valence-corrected chi connectivity index (χ4v) is 3.20. The van der Waals surface area contributed by atoms with Gasteiger partial charge in [-0.25, -0.2) is 9.97 Å². The van der Waals surface area contributed by atoms with E-state index in [0.717, 1.165) is 18.2 Å². The molecule has 0 N–H and O–H groups in total. The first-order valence-corrected chi connectivity index (χ1v) is 7.97. The third-order valence-electron chi connectivity index (χ3n) is 3.19. The molecule has 0 atom stereocenters. The van der Waals surface area contributed by atoms with Crippen molar-refractivity contribution in [2.75, 3.05) is 31.1 Å². The summed E-state index contributed by atoms with van der Waals surface area (Å²) in [7, 11) is 0. The maximum atomic E-state index is 12.4. The predicted octanol–water partition coefficient (Wildman–Crippen LogP) is 2.26. The third kappa shape index (κ3) is 2.83. The SMILES string of the molecule is O=C(c1cccc(Br)n1)N1CCN(c2nccs2)CC1. The topological polar surface area (TPSA) is 49.3 Å². The number of pyridine rings is 1. The van der Waals surface area contributed by atoms with Crippen molar-refractivity contribution in [2.24, 2.45) is 0 Å². The first-order valence-electron chi connectivity index (χ1n) is 6.30. The second-order valence-corrected chi connectivity index (χ2v) is 6.12. The van der Waals surface area contributed by atoms with Gasteiger partial charge in [-0.1, -0.05) is 6.07 Å². The first kappa shape index (κ1) is 13.5. The van der Waals surface area contributed by atoms with Crippen molar-refractivity contribution in [3.8, 4) is 0 Å². The zero-order chi connectivity index (χ0) is 13.9. The summed E-state index contributed by atoms with van der Waals surface area (Å²) in [6.07, 6.45) is 1.81. The van der Waals surface area contributed by atoms with Gasteiger partial charge in [0.15, 0.2) is 5.13 Å². The Balaban J connectivity index is 1.65. The van der Waals surface area contributed by atoms with Crippen molar-refractivity contribution >= 4 is 38.3 Å². The molecule has 0 spiro atoms. The van der Waals surface area contributed by atoms with E-state index in [1.54, 1.807) is 17.4 Å². The molecular formula is C13H13BrN4OS. The second kappa shape index (κ2) is 5.88. The molecule has 3 heterocycles. The van der Waals surface area contributed by atoms with Gasteiger partial charge in [0.25, 0.3) is 5.91 Å². The lowest BCUT2D eigenvalue weighted by atomic mass is 10.2. The van der Waals surface area contributed by atoms with Crippen LogP contribution in [-0.2, 0) is 0 Å². The zero-order valence-electron chi connectivity index (χ0n) is 10.7. The average Bonchev–Trinajstić information content (AvgIpc) is 3.01. The molecule has 1 fully saturated rings. The summed E-state index contributed by atoms with van der Waals surface area (Å²) in [4.78, 5) is 24.9. The van der Waals surface area contributed by atoms with Gasteiger partial charge in [0.1, 0.15) is 10.3 Å². The number of anilines is 1. The van der Waals surface area contributed by atoms with Gasteiger partial charge in [-0.15, -0.1) is 11.3 Å². The number of halogens is 1. The lowest BCUT2D eigenvalue weighted by molar-refractivity contribution is 0.0740. The van der Waals surface area contributed by atoms with E-state index in [-0.39, 0.29) is 5.91 Å². The number of nitrogens with zero attached hydrogens (tertiary/aromatic N) is 4. The van der Waals surface area contributed by atoms with Crippen molar-refractivity contribution in [3.63, 3.8) is 0 Å². The molecule has 1 aliphatic heterocycles. The molecule has 7 heteroatoms. The number of amides is 1. The summed E-state index contributed by atoms with van der Waals surface area (Å²) < 4.78 is 0.685. The minimum Gasteiger partial charge on any atom is -0.345 e.